The van der Waals surface area contributed by atoms with Gasteiger partial charge in [-0.15, -0.1) is 0 Å². The van der Waals surface area contributed by atoms with Crippen molar-refractivity contribution >= 4 is 29.3 Å². The van der Waals surface area contributed by atoms with Gasteiger partial charge in [-0.2, -0.15) is 0 Å². The van der Waals surface area contributed by atoms with E-state index < -0.39 is 54.4 Å². The van der Waals surface area contributed by atoms with Crippen molar-refractivity contribution in [2.45, 2.75) is 12.5 Å². The summed E-state index contributed by atoms with van der Waals surface area (Å²) in [6.07, 6.45) is 3.94. The Hall–Kier alpha value is -5.40. The van der Waals surface area contributed by atoms with Gasteiger partial charge in [0.15, 0.2) is 5.69 Å². The highest BCUT2D eigenvalue weighted by Gasteiger charge is 2.23. The summed E-state index contributed by atoms with van der Waals surface area (Å²) >= 11 is 0. The van der Waals surface area contributed by atoms with E-state index in [2.05, 4.69) is 36.2 Å². The zero-order valence-corrected chi connectivity index (χ0v) is 20.7. The number of amides is 4. The molecule has 14 heteroatoms. The first-order chi connectivity index (χ1) is 19.3. The average molecular weight is 552 g/mol. The van der Waals surface area contributed by atoms with Gasteiger partial charge >= 0.3 is 0 Å². The van der Waals surface area contributed by atoms with Crippen LogP contribution in [0.2, 0.25) is 0 Å². The number of hydrogen-bond donors (Lipinski definition) is 5. The number of anilines is 1. The molecule has 206 valence electrons. The highest BCUT2D eigenvalue weighted by Crippen LogP contribution is 2.18. The molecule has 0 aliphatic heterocycles. The molecule has 12 nitrogen and oxygen atoms in total. The second-order valence-electron chi connectivity index (χ2n) is 8.38. The van der Waals surface area contributed by atoms with Gasteiger partial charge in [0.1, 0.15) is 23.9 Å². The van der Waals surface area contributed by atoms with E-state index in [0.29, 0.717) is 17.3 Å². The minimum Gasteiger partial charge on any atom is -0.444 e. The van der Waals surface area contributed by atoms with Gasteiger partial charge in [0.05, 0.1) is 25.1 Å². The molecule has 40 heavy (non-hydrogen) atoms. The lowest BCUT2D eigenvalue weighted by molar-refractivity contribution is -0.128. The molecule has 0 saturated heterocycles. The largest absolute Gasteiger partial charge is 0.444 e. The number of imidazole rings is 1. The molecular formula is C26H23F2N7O5. The zero-order valence-electron chi connectivity index (χ0n) is 20.7. The summed E-state index contributed by atoms with van der Waals surface area (Å²) in [5, 5.41) is 9.45. The van der Waals surface area contributed by atoms with Crippen LogP contribution in [0.25, 0.3) is 11.5 Å². The first kappa shape index (κ1) is 27.6. The van der Waals surface area contributed by atoms with Gasteiger partial charge in [0.2, 0.25) is 23.6 Å². The molecule has 1 atom stereocenters. The molecule has 0 aliphatic carbocycles. The molecule has 0 saturated carbocycles. The third-order valence-corrected chi connectivity index (χ3v) is 5.43. The van der Waals surface area contributed by atoms with E-state index >= 15 is 0 Å². The molecular weight excluding hydrogens is 528 g/mol. The molecule has 4 amide bonds. The number of halogens is 2. The van der Waals surface area contributed by atoms with Crippen molar-refractivity contribution in [1.82, 2.24) is 30.9 Å². The quantitative estimate of drug-likeness (QED) is 0.188. The van der Waals surface area contributed by atoms with Crippen LogP contribution in [0.4, 0.5) is 14.5 Å². The Balaban J connectivity index is 1.27. The lowest BCUT2D eigenvalue weighted by atomic mass is 10.1. The van der Waals surface area contributed by atoms with Crippen LogP contribution in [-0.4, -0.2) is 57.7 Å². The number of nitrogens with zero attached hydrogens (tertiary/aromatic N) is 2. The third kappa shape index (κ3) is 7.56. The highest BCUT2D eigenvalue weighted by atomic mass is 19.1. The smallest absolute Gasteiger partial charge is 0.273 e. The molecule has 4 aromatic rings. The van der Waals surface area contributed by atoms with Gasteiger partial charge < -0.3 is 30.7 Å². The topological polar surface area (TPSA) is 171 Å². The molecule has 0 spiro atoms. The Morgan fingerprint density at radius 2 is 1.75 bits per heavy atom. The van der Waals surface area contributed by atoms with E-state index in [4.69, 9.17) is 4.42 Å². The fourth-order valence-electron chi connectivity index (χ4n) is 3.47. The molecule has 2 heterocycles. The predicted octanol–water partition coefficient (Wildman–Crippen LogP) is 1.56. The Labute approximate surface area is 225 Å². The van der Waals surface area contributed by atoms with E-state index in [-0.39, 0.29) is 23.7 Å². The lowest BCUT2D eigenvalue weighted by Crippen LogP contribution is -2.49. The van der Waals surface area contributed by atoms with Crippen LogP contribution in [0, 0.1) is 11.6 Å². The highest BCUT2D eigenvalue weighted by molar-refractivity contribution is 5.98. The Morgan fingerprint density at radius 3 is 2.48 bits per heavy atom. The van der Waals surface area contributed by atoms with Crippen molar-refractivity contribution in [3.63, 3.8) is 0 Å². The van der Waals surface area contributed by atoms with Gasteiger partial charge in [-0.05, 0) is 24.3 Å². The number of carbonyl (C=O) groups is 4. The van der Waals surface area contributed by atoms with E-state index in [1.165, 1.54) is 12.5 Å². The molecule has 0 aliphatic rings. The first-order valence-corrected chi connectivity index (χ1v) is 11.9. The SMILES string of the molecule is O=C(CNC(=O)c1coc(-c2ccccc2)n1)NCC(=O)N[C@@H](Cc1cnc[nH]1)C(=O)Nc1ccc(F)cc1F. The molecule has 4 rings (SSSR count). The van der Waals surface area contributed by atoms with Crippen molar-refractivity contribution in [3.05, 3.63) is 90.3 Å². The number of hydrogen-bond acceptors (Lipinski definition) is 7. The minimum absolute atomic E-state index is 0.0327. The van der Waals surface area contributed by atoms with Gasteiger partial charge in [-0.1, -0.05) is 18.2 Å². The standard InChI is InChI=1S/C26H23F2N7O5/c27-16-6-7-19(18(28)8-16)34-25(39)20(9-17-10-29-14-32-17)33-23(37)12-30-22(36)11-31-24(38)21-13-40-26(35-21)15-4-2-1-3-5-15/h1-8,10,13-14,20H,9,11-12H2,(H,29,32)(H,30,36)(H,31,38)(H,33,37)(H,34,39)/t20-/m0/s1. The van der Waals surface area contributed by atoms with Crippen molar-refractivity contribution in [1.29, 1.82) is 0 Å². The normalized spacial score (nSPS) is 11.3. The first-order valence-electron chi connectivity index (χ1n) is 11.9. The maximum absolute atomic E-state index is 14.0. The maximum Gasteiger partial charge on any atom is 0.273 e. The molecule has 0 fully saturated rings. The van der Waals surface area contributed by atoms with Crippen molar-refractivity contribution in [2.75, 3.05) is 18.4 Å². The third-order valence-electron chi connectivity index (χ3n) is 5.43. The van der Waals surface area contributed by atoms with Gasteiger partial charge in [-0.3, -0.25) is 19.2 Å². The zero-order chi connectivity index (χ0) is 28.5. The number of oxazole rings is 1. The van der Waals surface area contributed by atoms with E-state index in [1.807, 2.05) is 6.07 Å². The van der Waals surface area contributed by atoms with E-state index in [1.54, 1.807) is 24.3 Å². The molecule has 0 unspecified atom stereocenters. The summed E-state index contributed by atoms with van der Waals surface area (Å²) in [6.45, 7) is -0.976. The van der Waals surface area contributed by atoms with E-state index in [0.717, 1.165) is 18.4 Å². The summed E-state index contributed by atoms with van der Waals surface area (Å²) in [6, 6.07) is 10.4. The van der Waals surface area contributed by atoms with Crippen LogP contribution in [0.15, 0.2) is 71.7 Å². The molecule has 5 N–H and O–H groups in total. The number of nitrogens with one attached hydrogen (secondary N) is 5. The summed E-state index contributed by atoms with van der Waals surface area (Å²) in [5.74, 6) is -4.42. The van der Waals surface area contributed by atoms with Gasteiger partial charge in [0, 0.05) is 29.9 Å². The minimum atomic E-state index is -1.19. The van der Waals surface area contributed by atoms with Crippen LogP contribution >= 0.6 is 0 Å². The van der Waals surface area contributed by atoms with Gasteiger partial charge in [-0.25, -0.2) is 18.7 Å². The van der Waals surface area contributed by atoms with Crippen LogP contribution < -0.4 is 21.3 Å². The lowest BCUT2D eigenvalue weighted by Gasteiger charge is -2.18. The van der Waals surface area contributed by atoms with Gasteiger partial charge in [0.25, 0.3) is 5.91 Å². The number of H-pyrrole nitrogens is 1. The van der Waals surface area contributed by atoms with Crippen molar-refractivity contribution in [3.8, 4) is 11.5 Å². The fourth-order valence-corrected chi connectivity index (χ4v) is 3.47. The number of aromatic nitrogens is 3. The average Bonchev–Trinajstić information content (AvgIpc) is 3.65. The Morgan fingerprint density at radius 1 is 0.975 bits per heavy atom. The molecule has 0 radical (unpaired) electrons. The predicted molar refractivity (Wildman–Crippen MR) is 136 cm³/mol. The molecule has 2 aromatic carbocycles. The second kappa shape index (κ2) is 12.9. The van der Waals surface area contributed by atoms with Crippen molar-refractivity contribution < 1.29 is 32.4 Å². The molecule has 0 bridgehead atoms. The maximum atomic E-state index is 14.0. The van der Waals surface area contributed by atoms with Crippen LogP contribution in [0.5, 0.6) is 0 Å². The summed E-state index contributed by atoms with van der Waals surface area (Å²) in [7, 11) is 0. The summed E-state index contributed by atoms with van der Waals surface area (Å²) in [4.78, 5) is 60.5. The van der Waals surface area contributed by atoms with Crippen LogP contribution in [0.3, 0.4) is 0 Å². The fraction of sp³-hybridized carbons (Fsp3) is 0.154. The summed E-state index contributed by atoms with van der Waals surface area (Å²) < 4.78 is 32.5. The Kier molecular flexibility index (Phi) is 8.92. The number of aromatic amines is 1. The number of rotatable bonds is 11. The monoisotopic (exact) mass is 551 g/mol. The number of benzene rings is 2. The Bertz CT molecular complexity index is 1490. The van der Waals surface area contributed by atoms with Crippen LogP contribution in [0.1, 0.15) is 16.2 Å². The van der Waals surface area contributed by atoms with E-state index in [9.17, 15) is 28.0 Å². The second-order valence-corrected chi connectivity index (χ2v) is 8.38. The molecule has 2 aromatic heterocycles. The summed E-state index contributed by atoms with van der Waals surface area (Å²) in [5.41, 5.74) is 0.861. The van der Waals surface area contributed by atoms with Crippen LogP contribution in [-0.2, 0) is 20.8 Å². The van der Waals surface area contributed by atoms with Crippen molar-refractivity contribution in [2.24, 2.45) is 0 Å². The number of carbonyl (C=O) groups excluding carboxylic acids is 4.